The van der Waals surface area contributed by atoms with Gasteiger partial charge in [-0.15, -0.1) is 0 Å². The van der Waals surface area contributed by atoms with E-state index in [0.29, 0.717) is 18.5 Å². The maximum absolute atomic E-state index is 12.3. The van der Waals surface area contributed by atoms with Crippen molar-refractivity contribution in [3.05, 3.63) is 29.8 Å². The van der Waals surface area contributed by atoms with E-state index in [0.717, 1.165) is 12.8 Å². The van der Waals surface area contributed by atoms with Gasteiger partial charge in [0.05, 0.1) is 11.5 Å². The fraction of sp³-hybridized carbons (Fsp3) is 0.467. The number of sulfonamides is 1. The zero-order valence-electron chi connectivity index (χ0n) is 11.9. The number of aliphatic hydroxyl groups excluding tert-OH is 1. The van der Waals surface area contributed by atoms with Crippen molar-refractivity contribution >= 4 is 21.8 Å². The van der Waals surface area contributed by atoms with Crippen molar-refractivity contribution in [3.8, 4) is 11.8 Å². The molecule has 114 valence electrons. The fourth-order valence-corrected chi connectivity index (χ4v) is 3.85. The van der Waals surface area contributed by atoms with E-state index in [9.17, 15) is 8.42 Å². The highest BCUT2D eigenvalue weighted by Crippen LogP contribution is 2.46. The van der Waals surface area contributed by atoms with Crippen LogP contribution < -0.4 is 4.72 Å². The summed E-state index contributed by atoms with van der Waals surface area (Å²) in [6.45, 7) is 0.472. The first-order chi connectivity index (χ1) is 10.0. The summed E-state index contributed by atoms with van der Waals surface area (Å²) in [5.74, 6) is 5.63. The zero-order chi connectivity index (χ0) is 15.3. The summed E-state index contributed by atoms with van der Waals surface area (Å²) in [5.41, 5.74) is 0.636. The van der Waals surface area contributed by atoms with Crippen molar-refractivity contribution in [3.63, 3.8) is 0 Å². The van der Waals surface area contributed by atoms with Crippen LogP contribution in [-0.4, -0.2) is 37.7 Å². The summed E-state index contributed by atoms with van der Waals surface area (Å²) >= 11 is 1.72. The van der Waals surface area contributed by atoms with Gasteiger partial charge in [0.2, 0.25) is 10.0 Å². The number of rotatable bonds is 6. The van der Waals surface area contributed by atoms with Crippen LogP contribution in [0.2, 0.25) is 0 Å². The average molecular weight is 325 g/mol. The first-order valence-electron chi connectivity index (χ1n) is 6.76. The summed E-state index contributed by atoms with van der Waals surface area (Å²) in [6, 6.07) is 6.57. The summed E-state index contributed by atoms with van der Waals surface area (Å²) in [6.07, 6.45) is 4.51. The molecule has 0 amide bonds. The van der Waals surface area contributed by atoms with Crippen LogP contribution in [0.1, 0.15) is 24.8 Å². The Morgan fingerprint density at radius 1 is 1.43 bits per heavy atom. The number of aliphatic hydroxyl groups is 1. The molecule has 0 aromatic heterocycles. The van der Waals surface area contributed by atoms with Gasteiger partial charge < -0.3 is 5.11 Å². The van der Waals surface area contributed by atoms with Gasteiger partial charge in [-0.2, -0.15) is 11.8 Å². The van der Waals surface area contributed by atoms with E-state index in [-0.39, 0.29) is 16.2 Å². The summed E-state index contributed by atoms with van der Waals surface area (Å²) in [7, 11) is -3.50. The van der Waals surface area contributed by atoms with Crippen molar-refractivity contribution < 1.29 is 13.5 Å². The first-order valence-corrected chi connectivity index (χ1v) is 9.47. The molecule has 1 aromatic carbocycles. The van der Waals surface area contributed by atoms with Crippen LogP contribution in [0.15, 0.2) is 29.2 Å². The van der Waals surface area contributed by atoms with Crippen LogP contribution in [0.25, 0.3) is 0 Å². The first kappa shape index (κ1) is 16.4. The summed E-state index contributed by atoms with van der Waals surface area (Å²) in [5, 5.41) is 8.69. The van der Waals surface area contributed by atoms with Gasteiger partial charge in [-0.25, -0.2) is 13.1 Å². The molecular formula is C15H19NO3S2. The minimum atomic E-state index is -3.50. The van der Waals surface area contributed by atoms with Crippen molar-refractivity contribution in [2.24, 2.45) is 0 Å². The molecule has 1 aliphatic carbocycles. The van der Waals surface area contributed by atoms with Crippen LogP contribution in [0.5, 0.6) is 0 Å². The monoisotopic (exact) mass is 325 g/mol. The van der Waals surface area contributed by atoms with Gasteiger partial charge in [-0.05, 0) is 37.3 Å². The lowest BCUT2D eigenvalue weighted by molar-refractivity contribution is 0.305. The normalized spacial score (nSPS) is 16.1. The summed E-state index contributed by atoms with van der Waals surface area (Å²) < 4.78 is 27.4. The predicted octanol–water partition coefficient (Wildman–Crippen LogP) is 1.59. The third-order valence-electron chi connectivity index (χ3n) is 3.44. The van der Waals surface area contributed by atoms with Gasteiger partial charge in [0.25, 0.3) is 0 Å². The Morgan fingerprint density at radius 2 is 2.19 bits per heavy atom. The molecule has 0 heterocycles. The molecule has 2 N–H and O–H groups in total. The molecule has 1 aromatic rings. The molecule has 1 aliphatic rings. The third kappa shape index (κ3) is 4.48. The van der Waals surface area contributed by atoms with Crippen LogP contribution >= 0.6 is 11.8 Å². The van der Waals surface area contributed by atoms with Crippen LogP contribution in [-0.2, 0) is 10.0 Å². The third-order valence-corrected chi connectivity index (χ3v) is 6.26. The molecule has 1 saturated carbocycles. The van der Waals surface area contributed by atoms with E-state index in [4.69, 9.17) is 5.11 Å². The van der Waals surface area contributed by atoms with Crippen molar-refractivity contribution in [2.75, 3.05) is 19.4 Å². The minimum absolute atomic E-state index is 0.00329. The molecule has 0 atom stereocenters. The van der Waals surface area contributed by atoms with Gasteiger partial charge in [0.1, 0.15) is 0 Å². The van der Waals surface area contributed by atoms with Crippen molar-refractivity contribution in [2.45, 2.75) is 28.9 Å². The highest BCUT2D eigenvalue weighted by molar-refractivity contribution is 8.00. The molecule has 6 heteroatoms. The Bertz CT molecular complexity index is 655. The Kier molecular flexibility index (Phi) is 5.33. The van der Waals surface area contributed by atoms with Crippen LogP contribution in [0, 0.1) is 11.8 Å². The predicted molar refractivity (Wildman–Crippen MR) is 85.7 cm³/mol. The van der Waals surface area contributed by atoms with E-state index in [1.54, 1.807) is 36.0 Å². The zero-order valence-corrected chi connectivity index (χ0v) is 13.6. The van der Waals surface area contributed by atoms with Crippen LogP contribution in [0.3, 0.4) is 0 Å². The molecule has 21 heavy (non-hydrogen) atoms. The second kappa shape index (κ2) is 6.84. The van der Waals surface area contributed by atoms with Crippen LogP contribution in [0.4, 0.5) is 0 Å². The smallest absolute Gasteiger partial charge is 0.240 e. The lowest BCUT2D eigenvalue weighted by Gasteiger charge is -2.13. The molecule has 0 unspecified atom stereocenters. The number of hydrogen-bond acceptors (Lipinski definition) is 4. The second-order valence-electron chi connectivity index (χ2n) is 5.01. The lowest BCUT2D eigenvalue weighted by Crippen LogP contribution is -2.31. The molecule has 2 rings (SSSR count). The quantitative estimate of drug-likeness (QED) is 0.780. The Morgan fingerprint density at radius 3 is 2.81 bits per heavy atom. The number of thioether (sulfide) groups is 1. The highest BCUT2D eigenvalue weighted by Gasteiger charge is 2.42. The van der Waals surface area contributed by atoms with Gasteiger partial charge in [0.15, 0.2) is 0 Å². The molecule has 0 radical (unpaired) electrons. The lowest BCUT2D eigenvalue weighted by atomic mass is 10.2. The fourth-order valence-electron chi connectivity index (χ4n) is 1.86. The minimum Gasteiger partial charge on any atom is -0.395 e. The Hall–Kier alpha value is -1.00. The highest BCUT2D eigenvalue weighted by atomic mass is 32.2. The molecule has 1 fully saturated rings. The molecule has 4 nitrogen and oxygen atoms in total. The number of hydrogen-bond donors (Lipinski definition) is 2. The molecule has 0 saturated heterocycles. The second-order valence-corrected chi connectivity index (χ2v) is 8.06. The number of nitrogens with one attached hydrogen (secondary N) is 1. The van der Waals surface area contributed by atoms with E-state index in [1.165, 1.54) is 0 Å². The number of benzene rings is 1. The van der Waals surface area contributed by atoms with E-state index < -0.39 is 10.0 Å². The van der Waals surface area contributed by atoms with E-state index in [1.807, 2.05) is 6.26 Å². The van der Waals surface area contributed by atoms with E-state index in [2.05, 4.69) is 16.6 Å². The van der Waals surface area contributed by atoms with Crippen molar-refractivity contribution in [1.29, 1.82) is 0 Å². The largest absolute Gasteiger partial charge is 0.395 e. The van der Waals surface area contributed by atoms with Crippen molar-refractivity contribution in [1.82, 2.24) is 4.72 Å². The topological polar surface area (TPSA) is 66.4 Å². The van der Waals surface area contributed by atoms with E-state index >= 15 is 0 Å². The maximum Gasteiger partial charge on any atom is 0.240 e. The molecule has 0 aliphatic heterocycles. The van der Waals surface area contributed by atoms with Gasteiger partial charge in [0, 0.05) is 23.3 Å². The molecule has 0 spiro atoms. The Balaban J connectivity index is 2.09. The summed E-state index contributed by atoms with van der Waals surface area (Å²) in [4.78, 5) is 0.232. The Labute approximate surface area is 130 Å². The molecule has 0 bridgehead atoms. The molecular weight excluding hydrogens is 306 g/mol. The van der Waals surface area contributed by atoms with Gasteiger partial charge >= 0.3 is 0 Å². The SMILES string of the molecule is CSC1(CNS(=O)(=O)c2cccc(C#CCCO)c2)CC1. The average Bonchev–Trinajstić information content (AvgIpc) is 3.27. The maximum atomic E-state index is 12.3. The van der Waals surface area contributed by atoms with Gasteiger partial charge in [-0.1, -0.05) is 17.9 Å². The van der Waals surface area contributed by atoms with Gasteiger partial charge in [-0.3, -0.25) is 0 Å². The standard InChI is InChI=1S/C15H19NO3S2/c1-20-15(8-9-15)12-16-21(18,19)14-7-4-6-13(11-14)5-2-3-10-17/h4,6-7,11,16-17H,3,8-10,12H2,1H3.